The average Bonchev–Trinajstić information content (AvgIpc) is 3.12. The third-order valence-electron chi connectivity index (χ3n) is 4.37. The lowest BCUT2D eigenvalue weighted by atomic mass is 10.1. The highest BCUT2D eigenvalue weighted by molar-refractivity contribution is 5.62. The van der Waals surface area contributed by atoms with Gasteiger partial charge in [-0.3, -0.25) is 0 Å². The number of piperidine rings is 1. The van der Waals surface area contributed by atoms with Crippen LogP contribution in [0.4, 0.5) is 0 Å². The number of rotatable bonds is 5. The molecular weight excluding hydrogens is 314 g/mol. The van der Waals surface area contributed by atoms with Crippen LogP contribution in [-0.2, 0) is 6.42 Å². The molecule has 1 saturated heterocycles. The molecule has 1 aromatic heterocycles. The number of benzene rings is 2. The summed E-state index contributed by atoms with van der Waals surface area (Å²) in [5.41, 5.74) is 2.02. The van der Waals surface area contributed by atoms with Crippen molar-refractivity contribution < 1.29 is 9.26 Å². The van der Waals surface area contributed by atoms with E-state index in [9.17, 15) is 0 Å². The second-order valence-electron chi connectivity index (χ2n) is 6.24. The maximum absolute atomic E-state index is 6.20. The molecule has 0 atom stereocenters. The van der Waals surface area contributed by atoms with Gasteiger partial charge in [0.1, 0.15) is 11.9 Å². The molecule has 5 nitrogen and oxygen atoms in total. The predicted molar refractivity (Wildman–Crippen MR) is 95.5 cm³/mol. The first-order valence-electron chi connectivity index (χ1n) is 8.72. The largest absolute Gasteiger partial charge is 0.489 e. The summed E-state index contributed by atoms with van der Waals surface area (Å²) in [6.07, 6.45) is 2.91. The second-order valence-corrected chi connectivity index (χ2v) is 6.24. The summed E-state index contributed by atoms with van der Waals surface area (Å²) in [4.78, 5) is 4.56. The zero-order chi connectivity index (χ0) is 16.9. The molecule has 0 bridgehead atoms. The SMILES string of the molecule is c1ccc(Cc2noc(-c3ccccc3OC3CCNCC3)n2)cc1. The highest BCUT2D eigenvalue weighted by Gasteiger charge is 2.19. The molecule has 25 heavy (non-hydrogen) atoms. The molecule has 0 amide bonds. The summed E-state index contributed by atoms with van der Waals surface area (Å²) >= 11 is 0. The number of ether oxygens (including phenoxy) is 1. The lowest BCUT2D eigenvalue weighted by Crippen LogP contribution is -2.34. The molecule has 128 valence electrons. The molecular formula is C20H21N3O2. The van der Waals surface area contributed by atoms with Gasteiger partial charge in [0.15, 0.2) is 5.82 Å². The Morgan fingerprint density at radius 1 is 1.00 bits per heavy atom. The van der Waals surface area contributed by atoms with E-state index in [-0.39, 0.29) is 6.10 Å². The smallest absolute Gasteiger partial charge is 0.261 e. The second kappa shape index (κ2) is 7.49. The van der Waals surface area contributed by atoms with E-state index in [2.05, 4.69) is 27.6 Å². The Hall–Kier alpha value is -2.66. The van der Waals surface area contributed by atoms with E-state index in [4.69, 9.17) is 9.26 Å². The average molecular weight is 335 g/mol. The van der Waals surface area contributed by atoms with Gasteiger partial charge in [0.25, 0.3) is 5.89 Å². The molecule has 0 radical (unpaired) electrons. The molecule has 0 aliphatic carbocycles. The van der Waals surface area contributed by atoms with Crippen LogP contribution < -0.4 is 10.1 Å². The van der Waals surface area contributed by atoms with Crippen LogP contribution in [0.15, 0.2) is 59.1 Å². The van der Waals surface area contributed by atoms with Crippen LogP contribution in [0.5, 0.6) is 5.75 Å². The first-order valence-corrected chi connectivity index (χ1v) is 8.72. The quantitative estimate of drug-likeness (QED) is 0.774. The van der Waals surface area contributed by atoms with Crippen molar-refractivity contribution in [3.05, 3.63) is 66.0 Å². The van der Waals surface area contributed by atoms with Crippen LogP contribution in [0.2, 0.25) is 0 Å². The molecule has 4 rings (SSSR count). The van der Waals surface area contributed by atoms with Gasteiger partial charge in [-0.05, 0) is 43.6 Å². The van der Waals surface area contributed by atoms with Gasteiger partial charge in [-0.1, -0.05) is 47.6 Å². The minimum Gasteiger partial charge on any atom is -0.489 e. The van der Waals surface area contributed by atoms with Gasteiger partial charge in [0, 0.05) is 6.42 Å². The Labute approximate surface area is 147 Å². The Morgan fingerprint density at radius 3 is 2.60 bits per heavy atom. The van der Waals surface area contributed by atoms with E-state index < -0.39 is 0 Å². The minimum atomic E-state index is 0.231. The normalized spacial score (nSPS) is 15.2. The van der Waals surface area contributed by atoms with Gasteiger partial charge in [-0.25, -0.2) is 0 Å². The third-order valence-corrected chi connectivity index (χ3v) is 4.37. The van der Waals surface area contributed by atoms with Crippen LogP contribution in [-0.4, -0.2) is 29.3 Å². The van der Waals surface area contributed by atoms with Crippen molar-refractivity contribution in [1.82, 2.24) is 15.5 Å². The number of hydrogen-bond acceptors (Lipinski definition) is 5. The van der Waals surface area contributed by atoms with Crippen LogP contribution in [0, 0.1) is 0 Å². The number of nitrogens with one attached hydrogen (secondary N) is 1. The summed E-state index contributed by atoms with van der Waals surface area (Å²) in [6, 6.07) is 18.0. The maximum atomic E-state index is 6.20. The van der Waals surface area contributed by atoms with Crippen LogP contribution in [0.3, 0.4) is 0 Å². The van der Waals surface area contributed by atoms with Crippen molar-refractivity contribution in [2.75, 3.05) is 13.1 Å². The fourth-order valence-corrected chi connectivity index (χ4v) is 3.05. The van der Waals surface area contributed by atoms with Crippen LogP contribution in [0.1, 0.15) is 24.2 Å². The topological polar surface area (TPSA) is 60.2 Å². The van der Waals surface area contributed by atoms with E-state index >= 15 is 0 Å². The molecule has 1 aliphatic heterocycles. The predicted octanol–water partition coefficient (Wildman–Crippen LogP) is 3.46. The third kappa shape index (κ3) is 3.88. The van der Waals surface area contributed by atoms with Crippen molar-refractivity contribution in [3.8, 4) is 17.2 Å². The van der Waals surface area contributed by atoms with E-state index in [0.29, 0.717) is 18.1 Å². The van der Waals surface area contributed by atoms with Gasteiger partial charge in [-0.2, -0.15) is 4.98 Å². The van der Waals surface area contributed by atoms with Gasteiger partial charge in [0.05, 0.1) is 5.56 Å². The Kier molecular flexibility index (Phi) is 4.74. The van der Waals surface area contributed by atoms with Gasteiger partial charge >= 0.3 is 0 Å². The van der Waals surface area contributed by atoms with Crippen molar-refractivity contribution in [2.45, 2.75) is 25.4 Å². The molecule has 0 spiro atoms. The molecule has 1 N–H and O–H groups in total. The minimum absolute atomic E-state index is 0.231. The van der Waals surface area contributed by atoms with Gasteiger partial charge in [-0.15, -0.1) is 0 Å². The molecule has 1 aliphatic rings. The van der Waals surface area contributed by atoms with Gasteiger partial charge in [0.2, 0.25) is 0 Å². The molecule has 2 heterocycles. The van der Waals surface area contributed by atoms with E-state index in [1.54, 1.807) is 0 Å². The summed E-state index contributed by atoms with van der Waals surface area (Å²) < 4.78 is 11.7. The molecule has 0 unspecified atom stereocenters. The fraction of sp³-hybridized carbons (Fsp3) is 0.300. The van der Waals surface area contributed by atoms with Crippen molar-refractivity contribution in [1.29, 1.82) is 0 Å². The summed E-state index contributed by atoms with van der Waals surface area (Å²) in [5.74, 6) is 2.00. The fourth-order valence-electron chi connectivity index (χ4n) is 3.05. The van der Waals surface area contributed by atoms with Crippen molar-refractivity contribution in [2.24, 2.45) is 0 Å². The molecule has 2 aromatic carbocycles. The summed E-state index contributed by atoms with van der Waals surface area (Å²) in [5, 5.41) is 7.48. The van der Waals surface area contributed by atoms with Gasteiger partial charge < -0.3 is 14.6 Å². The first-order chi connectivity index (χ1) is 12.4. The van der Waals surface area contributed by atoms with Crippen LogP contribution >= 0.6 is 0 Å². The van der Waals surface area contributed by atoms with Crippen molar-refractivity contribution in [3.63, 3.8) is 0 Å². The lowest BCUT2D eigenvalue weighted by molar-refractivity contribution is 0.163. The van der Waals surface area contributed by atoms with E-state index in [1.807, 2.05) is 42.5 Å². The monoisotopic (exact) mass is 335 g/mol. The number of para-hydroxylation sites is 1. The highest BCUT2D eigenvalue weighted by Crippen LogP contribution is 2.30. The lowest BCUT2D eigenvalue weighted by Gasteiger charge is -2.24. The van der Waals surface area contributed by atoms with Crippen LogP contribution in [0.25, 0.3) is 11.5 Å². The summed E-state index contributed by atoms with van der Waals surface area (Å²) in [6.45, 7) is 1.99. The zero-order valence-corrected chi connectivity index (χ0v) is 14.0. The standard InChI is InChI=1S/C20H21N3O2/c1-2-6-15(7-3-1)14-19-22-20(25-23-19)17-8-4-5-9-18(17)24-16-10-12-21-13-11-16/h1-9,16,21H,10-14H2. The van der Waals surface area contributed by atoms with E-state index in [1.165, 1.54) is 0 Å². The van der Waals surface area contributed by atoms with E-state index in [0.717, 1.165) is 42.8 Å². The number of nitrogens with zero attached hydrogens (tertiary/aromatic N) is 2. The maximum Gasteiger partial charge on any atom is 0.261 e. The molecule has 1 fully saturated rings. The molecule has 5 heteroatoms. The Bertz CT molecular complexity index is 811. The highest BCUT2D eigenvalue weighted by atomic mass is 16.5. The first kappa shape index (κ1) is 15.8. The molecule has 0 saturated carbocycles. The zero-order valence-electron chi connectivity index (χ0n) is 14.0. The molecule has 3 aromatic rings. The number of aromatic nitrogens is 2. The van der Waals surface area contributed by atoms with Crippen molar-refractivity contribution >= 4 is 0 Å². The summed E-state index contributed by atoms with van der Waals surface area (Å²) in [7, 11) is 0. The Morgan fingerprint density at radius 2 is 1.76 bits per heavy atom. The Balaban J connectivity index is 1.53. The number of hydrogen-bond donors (Lipinski definition) is 1.